The van der Waals surface area contributed by atoms with Gasteiger partial charge in [-0.15, -0.1) is 11.8 Å². The number of aromatic carboxylic acids is 1. The van der Waals surface area contributed by atoms with Crippen molar-refractivity contribution in [2.24, 2.45) is 11.8 Å². The maximum Gasteiger partial charge on any atom is 0.335 e. The number of carbonyl (C=O) groups is 4. The van der Waals surface area contributed by atoms with Crippen LogP contribution in [0, 0.1) is 11.8 Å². The molecule has 32 heavy (non-hydrogen) atoms. The van der Waals surface area contributed by atoms with Crippen LogP contribution >= 0.6 is 11.8 Å². The van der Waals surface area contributed by atoms with E-state index in [9.17, 15) is 24.3 Å². The molecule has 2 aromatic rings. The summed E-state index contributed by atoms with van der Waals surface area (Å²) >= 11 is 1.26. The van der Waals surface area contributed by atoms with E-state index in [1.54, 1.807) is 42.5 Å². The molecule has 0 radical (unpaired) electrons. The van der Waals surface area contributed by atoms with Crippen LogP contribution < -0.4 is 10.6 Å². The number of hydrogen-bond acceptors (Lipinski definition) is 5. The van der Waals surface area contributed by atoms with Crippen molar-refractivity contribution < 1.29 is 29.4 Å². The van der Waals surface area contributed by atoms with Gasteiger partial charge in [-0.25, -0.2) is 4.79 Å². The van der Waals surface area contributed by atoms with E-state index in [1.807, 2.05) is 6.08 Å². The molecule has 0 spiro atoms. The van der Waals surface area contributed by atoms with Crippen LogP contribution in [0.5, 0.6) is 0 Å². The average Bonchev–Trinajstić information content (AvgIpc) is 2.78. The fraction of sp³-hybridized carbons (Fsp3) is 0.217. The number of anilines is 2. The Kier molecular flexibility index (Phi) is 7.67. The summed E-state index contributed by atoms with van der Waals surface area (Å²) in [6.45, 7) is 0. The van der Waals surface area contributed by atoms with Gasteiger partial charge in [-0.2, -0.15) is 0 Å². The van der Waals surface area contributed by atoms with Gasteiger partial charge < -0.3 is 20.8 Å². The van der Waals surface area contributed by atoms with E-state index in [-0.39, 0.29) is 23.1 Å². The molecule has 2 unspecified atom stereocenters. The zero-order chi connectivity index (χ0) is 23.1. The maximum absolute atomic E-state index is 12.6. The number of nitrogens with one attached hydrogen (secondary N) is 2. The van der Waals surface area contributed by atoms with Gasteiger partial charge in [-0.05, 0) is 49.2 Å². The van der Waals surface area contributed by atoms with Gasteiger partial charge in [0.05, 0.1) is 23.2 Å². The van der Waals surface area contributed by atoms with E-state index in [1.165, 1.54) is 23.9 Å². The van der Waals surface area contributed by atoms with Crippen molar-refractivity contribution in [1.82, 2.24) is 0 Å². The lowest BCUT2D eigenvalue weighted by Gasteiger charge is -2.24. The summed E-state index contributed by atoms with van der Waals surface area (Å²) in [4.78, 5) is 48.0. The van der Waals surface area contributed by atoms with Crippen molar-refractivity contribution in [2.75, 3.05) is 16.4 Å². The fourth-order valence-corrected chi connectivity index (χ4v) is 4.11. The molecule has 0 aliphatic heterocycles. The highest BCUT2D eigenvalue weighted by atomic mass is 32.2. The number of aliphatic carboxylic acids is 1. The van der Waals surface area contributed by atoms with Crippen LogP contribution in [0.4, 0.5) is 11.4 Å². The van der Waals surface area contributed by atoms with Crippen molar-refractivity contribution in [3.8, 4) is 0 Å². The SMILES string of the molecule is O=C(CSc1cccc(NC(=O)C2CC=CCC2C(=O)O)c1)Nc1cccc(C(=O)O)c1. The van der Waals surface area contributed by atoms with Gasteiger partial charge >= 0.3 is 11.9 Å². The minimum atomic E-state index is -1.08. The van der Waals surface area contributed by atoms with E-state index in [0.717, 1.165) is 4.90 Å². The summed E-state index contributed by atoms with van der Waals surface area (Å²) in [7, 11) is 0. The molecule has 8 nitrogen and oxygen atoms in total. The summed E-state index contributed by atoms with van der Waals surface area (Å²) in [5, 5.41) is 23.8. The summed E-state index contributed by atoms with van der Waals surface area (Å²) in [5.74, 6) is -4.01. The Hall–Kier alpha value is -3.59. The smallest absolute Gasteiger partial charge is 0.335 e. The first-order chi connectivity index (χ1) is 15.3. The highest BCUT2D eigenvalue weighted by Crippen LogP contribution is 2.28. The van der Waals surface area contributed by atoms with Crippen LogP contribution in [0.25, 0.3) is 0 Å². The number of hydrogen-bond donors (Lipinski definition) is 4. The molecule has 0 aromatic heterocycles. The van der Waals surface area contributed by atoms with Gasteiger partial charge in [0.25, 0.3) is 0 Å². The molecule has 2 amide bonds. The van der Waals surface area contributed by atoms with Crippen LogP contribution in [0.3, 0.4) is 0 Å². The first-order valence-electron chi connectivity index (χ1n) is 9.88. The predicted molar refractivity (Wildman–Crippen MR) is 121 cm³/mol. The number of allylic oxidation sites excluding steroid dienone is 2. The second kappa shape index (κ2) is 10.6. The number of amides is 2. The van der Waals surface area contributed by atoms with Gasteiger partial charge in [0.1, 0.15) is 0 Å². The topological polar surface area (TPSA) is 133 Å². The van der Waals surface area contributed by atoms with E-state index in [4.69, 9.17) is 5.11 Å². The molecular formula is C23H22N2O6S. The molecule has 4 N–H and O–H groups in total. The van der Waals surface area contributed by atoms with Crippen molar-refractivity contribution >= 4 is 46.9 Å². The van der Waals surface area contributed by atoms with Crippen molar-refractivity contribution in [1.29, 1.82) is 0 Å². The molecule has 0 fully saturated rings. The molecule has 0 saturated heterocycles. The van der Waals surface area contributed by atoms with E-state index in [2.05, 4.69) is 10.6 Å². The number of carboxylic acids is 2. The largest absolute Gasteiger partial charge is 0.481 e. The monoisotopic (exact) mass is 454 g/mol. The van der Waals surface area contributed by atoms with Crippen LogP contribution in [0.15, 0.2) is 65.6 Å². The highest BCUT2D eigenvalue weighted by molar-refractivity contribution is 8.00. The molecule has 1 aliphatic carbocycles. The molecule has 0 bridgehead atoms. The van der Waals surface area contributed by atoms with Gasteiger partial charge in [0.2, 0.25) is 11.8 Å². The minimum absolute atomic E-state index is 0.0810. The lowest BCUT2D eigenvalue weighted by molar-refractivity contribution is -0.146. The molecule has 0 saturated carbocycles. The predicted octanol–water partition coefficient (Wildman–Crippen LogP) is 3.72. The molecule has 2 aromatic carbocycles. The second-order valence-electron chi connectivity index (χ2n) is 7.23. The standard InChI is InChI=1S/C23H22N2O6S/c26-20(24-15-6-3-5-14(11-15)22(28)29)13-32-17-8-4-7-16(12-17)25-21(27)18-9-1-2-10-19(18)23(30)31/h1-8,11-12,18-19H,9-10,13H2,(H,24,26)(H,25,27)(H,28,29)(H,30,31). The Morgan fingerprint density at radius 3 is 2.22 bits per heavy atom. The van der Waals surface area contributed by atoms with Crippen LogP contribution in [-0.2, 0) is 14.4 Å². The third-order valence-electron chi connectivity index (χ3n) is 4.95. The highest BCUT2D eigenvalue weighted by Gasteiger charge is 2.33. The Morgan fingerprint density at radius 1 is 0.875 bits per heavy atom. The number of carboxylic acid groups (broad SMARTS) is 2. The van der Waals surface area contributed by atoms with Gasteiger partial charge in [-0.1, -0.05) is 24.3 Å². The Labute approximate surface area is 188 Å². The van der Waals surface area contributed by atoms with E-state index in [0.29, 0.717) is 24.2 Å². The van der Waals surface area contributed by atoms with Gasteiger partial charge in [0.15, 0.2) is 0 Å². The molecule has 3 rings (SSSR count). The second-order valence-corrected chi connectivity index (χ2v) is 8.28. The number of thioether (sulfide) groups is 1. The van der Waals surface area contributed by atoms with Gasteiger partial charge in [0, 0.05) is 16.3 Å². The molecule has 166 valence electrons. The van der Waals surface area contributed by atoms with Crippen molar-refractivity contribution in [3.05, 3.63) is 66.2 Å². The van der Waals surface area contributed by atoms with E-state index < -0.39 is 23.8 Å². The summed E-state index contributed by atoms with van der Waals surface area (Å²) in [6.07, 6.45) is 4.30. The van der Waals surface area contributed by atoms with E-state index >= 15 is 0 Å². The number of rotatable bonds is 8. The van der Waals surface area contributed by atoms with Crippen LogP contribution in [-0.4, -0.2) is 39.7 Å². The van der Waals surface area contributed by atoms with Crippen LogP contribution in [0.2, 0.25) is 0 Å². The average molecular weight is 455 g/mol. The van der Waals surface area contributed by atoms with Crippen molar-refractivity contribution in [2.45, 2.75) is 17.7 Å². The molecule has 2 atom stereocenters. The van der Waals surface area contributed by atoms with Gasteiger partial charge in [-0.3, -0.25) is 14.4 Å². The summed E-state index contributed by atoms with van der Waals surface area (Å²) in [5.41, 5.74) is 0.997. The Bertz CT molecular complexity index is 1070. The van der Waals surface area contributed by atoms with Crippen molar-refractivity contribution in [3.63, 3.8) is 0 Å². The normalized spacial score (nSPS) is 17.4. The first-order valence-corrected chi connectivity index (χ1v) is 10.9. The number of carbonyl (C=O) groups excluding carboxylic acids is 2. The van der Waals surface area contributed by atoms with Crippen LogP contribution in [0.1, 0.15) is 23.2 Å². The lowest BCUT2D eigenvalue weighted by atomic mass is 9.82. The lowest BCUT2D eigenvalue weighted by Crippen LogP contribution is -2.34. The third-order valence-corrected chi connectivity index (χ3v) is 5.94. The summed E-state index contributed by atoms with van der Waals surface area (Å²) in [6, 6.07) is 12.9. The molecule has 1 aliphatic rings. The summed E-state index contributed by atoms with van der Waals surface area (Å²) < 4.78 is 0. The quantitative estimate of drug-likeness (QED) is 0.353. The Morgan fingerprint density at radius 2 is 1.53 bits per heavy atom. The zero-order valence-corrected chi connectivity index (χ0v) is 17.8. The molecule has 9 heteroatoms. The number of benzene rings is 2. The minimum Gasteiger partial charge on any atom is -0.481 e. The maximum atomic E-state index is 12.6. The molecular weight excluding hydrogens is 432 g/mol. The third kappa shape index (κ3) is 6.21. The first kappa shape index (κ1) is 23.1. The fourth-order valence-electron chi connectivity index (χ4n) is 3.35. The Balaban J connectivity index is 1.56. The zero-order valence-electron chi connectivity index (χ0n) is 17.0. The molecule has 0 heterocycles.